The van der Waals surface area contributed by atoms with Crippen molar-refractivity contribution in [2.45, 2.75) is 26.7 Å². The quantitative estimate of drug-likeness (QED) is 0.594. The number of hydrogen-bond acceptors (Lipinski definition) is 6. The van der Waals surface area contributed by atoms with Gasteiger partial charge in [0.2, 0.25) is 5.13 Å². The van der Waals surface area contributed by atoms with Gasteiger partial charge in [-0.3, -0.25) is 10.1 Å². The molecule has 2 aromatic carbocycles. The van der Waals surface area contributed by atoms with Crippen molar-refractivity contribution in [1.29, 1.82) is 0 Å². The zero-order valence-corrected chi connectivity index (χ0v) is 17.0. The number of anilines is 1. The molecule has 0 bridgehead atoms. The van der Waals surface area contributed by atoms with Crippen LogP contribution in [0.3, 0.4) is 0 Å². The Morgan fingerprint density at radius 2 is 1.68 bits per heavy atom. The van der Waals surface area contributed by atoms with Gasteiger partial charge in [0.25, 0.3) is 5.91 Å². The molecule has 0 spiro atoms. The van der Waals surface area contributed by atoms with Gasteiger partial charge >= 0.3 is 0 Å². The van der Waals surface area contributed by atoms with Crippen molar-refractivity contribution in [1.82, 2.24) is 9.36 Å². The number of carbonyl (C=O) groups is 1. The van der Waals surface area contributed by atoms with Crippen LogP contribution in [0.5, 0.6) is 11.5 Å². The lowest BCUT2D eigenvalue weighted by Crippen LogP contribution is -2.20. The molecule has 28 heavy (non-hydrogen) atoms. The Morgan fingerprint density at radius 1 is 1.04 bits per heavy atom. The van der Waals surface area contributed by atoms with Crippen molar-refractivity contribution in [2.24, 2.45) is 0 Å². The first kappa shape index (κ1) is 19.8. The number of amides is 1. The van der Waals surface area contributed by atoms with E-state index in [0.29, 0.717) is 29.2 Å². The van der Waals surface area contributed by atoms with Crippen LogP contribution in [0.2, 0.25) is 0 Å². The van der Waals surface area contributed by atoms with Crippen LogP contribution in [0.25, 0.3) is 11.4 Å². The fraction of sp³-hybridized carbons (Fsp3) is 0.286. The van der Waals surface area contributed by atoms with E-state index >= 15 is 0 Å². The van der Waals surface area contributed by atoms with E-state index in [2.05, 4.69) is 28.5 Å². The average Bonchev–Trinajstić information content (AvgIpc) is 3.16. The van der Waals surface area contributed by atoms with Crippen molar-refractivity contribution in [3.05, 3.63) is 54.1 Å². The molecule has 0 aliphatic heterocycles. The highest BCUT2D eigenvalue weighted by Crippen LogP contribution is 2.23. The Bertz CT molecular complexity index is 905. The normalized spacial score (nSPS) is 10.7. The van der Waals surface area contributed by atoms with Crippen molar-refractivity contribution < 1.29 is 14.3 Å². The van der Waals surface area contributed by atoms with Crippen molar-refractivity contribution in [2.75, 3.05) is 18.5 Å². The Kier molecular flexibility index (Phi) is 6.60. The number of nitrogens with zero attached hydrogens (tertiary/aromatic N) is 2. The maximum absolute atomic E-state index is 12.1. The molecule has 0 fully saturated rings. The largest absolute Gasteiger partial charge is 0.494 e. The minimum atomic E-state index is -0.276. The Morgan fingerprint density at radius 3 is 2.32 bits per heavy atom. The summed E-state index contributed by atoms with van der Waals surface area (Å²) in [7, 11) is 0. The first-order chi connectivity index (χ1) is 13.5. The summed E-state index contributed by atoms with van der Waals surface area (Å²) in [5, 5.41) is 3.16. The zero-order valence-electron chi connectivity index (χ0n) is 16.1. The van der Waals surface area contributed by atoms with E-state index in [0.717, 1.165) is 22.8 Å². The number of rotatable bonds is 8. The monoisotopic (exact) mass is 397 g/mol. The fourth-order valence-electron chi connectivity index (χ4n) is 2.51. The van der Waals surface area contributed by atoms with Gasteiger partial charge in [-0.2, -0.15) is 9.36 Å². The van der Waals surface area contributed by atoms with Crippen LogP contribution in [0.15, 0.2) is 48.5 Å². The summed E-state index contributed by atoms with van der Waals surface area (Å²) in [5.74, 6) is 2.20. The predicted octanol–water partition coefficient (Wildman–Crippen LogP) is 4.74. The molecular formula is C21H23N3O3S. The molecule has 0 saturated heterocycles. The van der Waals surface area contributed by atoms with Gasteiger partial charge in [-0.1, -0.05) is 26.0 Å². The Hall–Kier alpha value is -2.93. The minimum absolute atomic E-state index is 0.0843. The Labute approximate surface area is 168 Å². The van der Waals surface area contributed by atoms with E-state index in [1.54, 1.807) is 0 Å². The number of hydrogen-bond donors (Lipinski definition) is 1. The Balaban J connectivity index is 1.53. The number of carbonyl (C=O) groups excluding carboxylic acids is 1. The molecule has 0 unspecified atom stereocenters. The van der Waals surface area contributed by atoms with Gasteiger partial charge in [-0.25, -0.2) is 0 Å². The van der Waals surface area contributed by atoms with Gasteiger partial charge in [-0.05, 0) is 54.8 Å². The first-order valence-electron chi connectivity index (χ1n) is 9.14. The third kappa shape index (κ3) is 5.29. The van der Waals surface area contributed by atoms with E-state index in [4.69, 9.17) is 9.47 Å². The topological polar surface area (TPSA) is 73.3 Å². The molecule has 0 aliphatic carbocycles. The SMILES string of the molecule is CCOc1ccc(-c2nsc(NC(=O)COc3ccc(C(C)C)cc3)n2)cc1. The molecule has 0 saturated carbocycles. The molecule has 3 rings (SSSR count). The molecule has 146 valence electrons. The summed E-state index contributed by atoms with van der Waals surface area (Å²) in [6.07, 6.45) is 0. The number of ether oxygens (including phenoxy) is 2. The average molecular weight is 398 g/mol. The molecule has 6 nitrogen and oxygen atoms in total. The van der Waals surface area contributed by atoms with Crippen LogP contribution in [0, 0.1) is 0 Å². The van der Waals surface area contributed by atoms with Crippen molar-refractivity contribution >= 4 is 22.6 Å². The third-order valence-corrected chi connectivity index (χ3v) is 4.64. The highest BCUT2D eigenvalue weighted by atomic mass is 32.1. The third-order valence-electron chi connectivity index (χ3n) is 4.01. The molecule has 3 aromatic rings. The van der Waals surface area contributed by atoms with E-state index < -0.39 is 0 Å². The van der Waals surface area contributed by atoms with E-state index in [1.165, 1.54) is 5.56 Å². The van der Waals surface area contributed by atoms with Gasteiger partial charge in [0, 0.05) is 17.1 Å². The maximum atomic E-state index is 12.1. The van der Waals surface area contributed by atoms with Crippen LogP contribution >= 0.6 is 11.5 Å². The lowest BCUT2D eigenvalue weighted by molar-refractivity contribution is -0.118. The van der Waals surface area contributed by atoms with Crippen LogP contribution in [-0.4, -0.2) is 28.5 Å². The van der Waals surface area contributed by atoms with Gasteiger partial charge in [0.15, 0.2) is 12.4 Å². The summed E-state index contributed by atoms with van der Waals surface area (Å²) < 4.78 is 15.3. The number of nitrogens with one attached hydrogen (secondary N) is 1. The molecule has 7 heteroatoms. The van der Waals surface area contributed by atoms with Gasteiger partial charge < -0.3 is 9.47 Å². The summed E-state index contributed by atoms with van der Waals surface area (Å²) in [4.78, 5) is 16.5. The summed E-state index contributed by atoms with van der Waals surface area (Å²) in [6, 6.07) is 15.3. The van der Waals surface area contributed by atoms with Gasteiger partial charge in [0.05, 0.1) is 6.61 Å². The summed E-state index contributed by atoms with van der Waals surface area (Å²) in [6.45, 7) is 6.74. The van der Waals surface area contributed by atoms with Crippen LogP contribution in [0.4, 0.5) is 5.13 Å². The highest BCUT2D eigenvalue weighted by Gasteiger charge is 2.11. The van der Waals surface area contributed by atoms with Crippen molar-refractivity contribution in [3.8, 4) is 22.9 Å². The second kappa shape index (κ2) is 9.32. The number of benzene rings is 2. The number of aromatic nitrogens is 2. The minimum Gasteiger partial charge on any atom is -0.494 e. The van der Waals surface area contributed by atoms with Gasteiger partial charge in [-0.15, -0.1) is 0 Å². The van der Waals surface area contributed by atoms with Crippen molar-refractivity contribution in [3.63, 3.8) is 0 Å². The van der Waals surface area contributed by atoms with E-state index in [9.17, 15) is 4.79 Å². The van der Waals surface area contributed by atoms with Crippen LogP contribution < -0.4 is 14.8 Å². The molecule has 1 heterocycles. The first-order valence-corrected chi connectivity index (χ1v) is 9.92. The molecule has 1 aromatic heterocycles. The fourth-order valence-corrected chi connectivity index (χ4v) is 3.12. The predicted molar refractivity (Wildman–Crippen MR) is 111 cm³/mol. The van der Waals surface area contributed by atoms with Gasteiger partial charge in [0.1, 0.15) is 11.5 Å². The maximum Gasteiger partial charge on any atom is 0.264 e. The molecule has 1 N–H and O–H groups in total. The second-order valence-electron chi connectivity index (χ2n) is 6.44. The second-order valence-corrected chi connectivity index (χ2v) is 7.19. The molecule has 0 aliphatic rings. The smallest absolute Gasteiger partial charge is 0.264 e. The van der Waals surface area contributed by atoms with E-state index in [-0.39, 0.29) is 12.5 Å². The standard InChI is InChI=1S/C21H23N3O3S/c1-4-26-17-11-7-16(8-12-17)20-23-21(28-24-20)22-19(25)13-27-18-9-5-15(6-10-18)14(2)3/h5-12,14H,4,13H2,1-3H3,(H,22,23,24,25). The summed E-state index contributed by atoms with van der Waals surface area (Å²) >= 11 is 1.13. The molecule has 1 amide bonds. The molecular weight excluding hydrogens is 374 g/mol. The van der Waals surface area contributed by atoms with Crippen LogP contribution in [0.1, 0.15) is 32.3 Å². The molecule has 0 radical (unpaired) electrons. The lowest BCUT2D eigenvalue weighted by Gasteiger charge is -2.08. The zero-order chi connectivity index (χ0) is 19.9. The lowest BCUT2D eigenvalue weighted by atomic mass is 10.0. The van der Waals surface area contributed by atoms with E-state index in [1.807, 2.05) is 55.5 Å². The molecule has 0 atom stereocenters. The summed E-state index contributed by atoms with van der Waals surface area (Å²) in [5.41, 5.74) is 2.09. The van der Waals surface area contributed by atoms with Crippen LogP contribution in [-0.2, 0) is 4.79 Å². The highest BCUT2D eigenvalue weighted by molar-refractivity contribution is 7.10.